The van der Waals surface area contributed by atoms with Crippen LogP contribution < -0.4 is 0 Å². The summed E-state index contributed by atoms with van der Waals surface area (Å²) < 4.78 is 5.21. The molecule has 0 unspecified atom stereocenters. The van der Waals surface area contributed by atoms with Crippen molar-refractivity contribution in [3.63, 3.8) is 0 Å². The summed E-state index contributed by atoms with van der Waals surface area (Å²) in [6.45, 7) is 3.87. The van der Waals surface area contributed by atoms with Gasteiger partial charge in [-0.3, -0.25) is 14.8 Å². The third-order valence-electron chi connectivity index (χ3n) is 4.41. The third kappa shape index (κ3) is 2.83. The van der Waals surface area contributed by atoms with Gasteiger partial charge in [0, 0.05) is 29.7 Å². The van der Waals surface area contributed by atoms with Crippen molar-refractivity contribution in [1.29, 1.82) is 0 Å². The summed E-state index contributed by atoms with van der Waals surface area (Å²) in [7, 11) is 0. The fraction of sp³-hybridized carbons (Fsp3) is 0.444. The number of hydrogen-bond donors (Lipinski definition) is 0. The Labute approximate surface area is 135 Å². The Kier molecular flexibility index (Phi) is 4.37. The van der Waals surface area contributed by atoms with Gasteiger partial charge < -0.3 is 4.74 Å². The number of pyridine rings is 1. The summed E-state index contributed by atoms with van der Waals surface area (Å²) in [5.74, 6) is -1.04. The highest BCUT2D eigenvalue weighted by molar-refractivity contribution is 6.11. The Morgan fingerprint density at radius 3 is 2.83 bits per heavy atom. The minimum Gasteiger partial charge on any atom is -0.463 e. The van der Waals surface area contributed by atoms with E-state index in [1.807, 2.05) is 25.1 Å². The van der Waals surface area contributed by atoms with E-state index in [0.29, 0.717) is 24.3 Å². The lowest BCUT2D eigenvalue weighted by Crippen LogP contribution is -2.39. The fourth-order valence-corrected chi connectivity index (χ4v) is 3.47. The first-order valence-corrected chi connectivity index (χ1v) is 8.02. The lowest BCUT2D eigenvalue weighted by molar-refractivity contribution is -0.139. The van der Waals surface area contributed by atoms with Gasteiger partial charge in [-0.2, -0.15) is 0 Å². The first kappa shape index (κ1) is 15.6. The topological polar surface area (TPSA) is 68.6 Å². The minimum absolute atomic E-state index is 0.139. The minimum atomic E-state index is -0.401. The van der Waals surface area contributed by atoms with Gasteiger partial charge in [-0.25, -0.2) is 4.79 Å². The Morgan fingerprint density at radius 1 is 1.30 bits per heavy atom. The highest BCUT2D eigenvalue weighted by Gasteiger charge is 2.44. The number of ether oxygens (including phenoxy) is 1. The van der Waals surface area contributed by atoms with E-state index in [4.69, 9.17) is 4.74 Å². The van der Waals surface area contributed by atoms with Crippen molar-refractivity contribution in [3.05, 3.63) is 41.4 Å². The maximum absolute atomic E-state index is 12.6. The second-order valence-electron chi connectivity index (χ2n) is 5.85. The number of fused-ring (bicyclic) bond motifs is 1. The lowest BCUT2D eigenvalue weighted by Gasteiger charge is -2.34. The normalized spacial score (nSPS) is 24.1. The number of carbonyl (C=O) groups excluding carboxylic acids is 2. The van der Waals surface area contributed by atoms with Crippen molar-refractivity contribution in [3.8, 4) is 0 Å². The van der Waals surface area contributed by atoms with Crippen LogP contribution in [0.2, 0.25) is 0 Å². The van der Waals surface area contributed by atoms with E-state index in [1.54, 1.807) is 13.1 Å². The molecule has 1 aliphatic carbocycles. The number of esters is 1. The van der Waals surface area contributed by atoms with Gasteiger partial charge in [-0.15, -0.1) is 0 Å². The second-order valence-corrected chi connectivity index (χ2v) is 5.85. The Balaban J connectivity index is 2.14. The molecular formula is C18H20N2O3. The molecule has 0 radical (unpaired) electrons. The monoisotopic (exact) mass is 312 g/mol. The molecule has 5 nitrogen and oxygen atoms in total. The average molecular weight is 312 g/mol. The van der Waals surface area contributed by atoms with Crippen LogP contribution in [0.1, 0.15) is 44.7 Å². The van der Waals surface area contributed by atoms with Crippen LogP contribution in [-0.2, 0) is 14.3 Å². The molecular weight excluding hydrogens is 292 g/mol. The number of Topliss-reactive ketones (excluding diaryl/α,β-unsaturated/α-hetero) is 1. The van der Waals surface area contributed by atoms with Crippen molar-refractivity contribution in [2.75, 3.05) is 6.61 Å². The standard InChI is InChI=1S/C18H20N2O3/c1-3-23-18(22)15-11(2)20-13-8-6-9-14(21)16(13)17(15)12-7-4-5-10-19-12/h4-5,7,10,16-17H,3,6,8-9H2,1-2H3/t16-,17-/m1/s1. The molecule has 0 spiro atoms. The van der Waals surface area contributed by atoms with Crippen LogP contribution in [0.4, 0.5) is 0 Å². The van der Waals surface area contributed by atoms with Crippen LogP contribution in [0, 0.1) is 5.92 Å². The molecule has 23 heavy (non-hydrogen) atoms. The van der Waals surface area contributed by atoms with E-state index in [0.717, 1.165) is 24.2 Å². The zero-order valence-corrected chi connectivity index (χ0v) is 13.4. The third-order valence-corrected chi connectivity index (χ3v) is 4.41. The zero-order valence-electron chi connectivity index (χ0n) is 13.4. The molecule has 0 saturated heterocycles. The first-order chi connectivity index (χ1) is 11.1. The van der Waals surface area contributed by atoms with Crippen LogP contribution >= 0.6 is 0 Å². The Hall–Kier alpha value is -2.30. The predicted molar refractivity (Wildman–Crippen MR) is 86.1 cm³/mol. The van der Waals surface area contributed by atoms with Crippen molar-refractivity contribution < 1.29 is 14.3 Å². The van der Waals surface area contributed by atoms with Crippen LogP contribution in [0.3, 0.4) is 0 Å². The van der Waals surface area contributed by atoms with E-state index in [9.17, 15) is 9.59 Å². The maximum Gasteiger partial charge on any atom is 0.336 e. The summed E-state index contributed by atoms with van der Waals surface area (Å²) >= 11 is 0. The van der Waals surface area contributed by atoms with Crippen molar-refractivity contribution in [2.24, 2.45) is 10.9 Å². The van der Waals surface area contributed by atoms with Crippen LogP contribution in [0.5, 0.6) is 0 Å². The van der Waals surface area contributed by atoms with Gasteiger partial charge >= 0.3 is 5.97 Å². The molecule has 0 N–H and O–H groups in total. The van der Waals surface area contributed by atoms with Crippen molar-refractivity contribution in [1.82, 2.24) is 4.98 Å². The molecule has 1 aromatic rings. The number of hydrogen-bond acceptors (Lipinski definition) is 5. The van der Waals surface area contributed by atoms with E-state index >= 15 is 0 Å². The highest BCUT2D eigenvalue weighted by Crippen LogP contribution is 2.42. The van der Waals surface area contributed by atoms with Crippen LogP contribution in [-0.4, -0.2) is 29.1 Å². The number of carbonyl (C=O) groups is 2. The molecule has 1 fully saturated rings. The number of allylic oxidation sites excluding steroid dienone is 1. The predicted octanol–water partition coefficient (Wildman–Crippen LogP) is 2.83. The number of aromatic nitrogens is 1. The molecule has 120 valence electrons. The number of aliphatic imine (C=N–C) groups is 1. The zero-order chi connectivity index (χ0) is 16.4. The van der Waals surface area contributed by atoms with Gasteiger partial charge in [0.05, 0.1) is 24.0 Å². The molecule has 3 rings (SSSR count). The van der Waals surface area contributed by atoms with Gasteiger partial charge in [-0.1, -0.05) is 6.07 Å². The van der Waals surface area contributed by atoms with Gasteiger partial charge in [0.25, 0.3) is 0 Å². The molecule has 0 bridgehead atoms. The summed E-state index contributed by atoms with van der Waals surface area (Å²) in [5, 5.41) is 0. The maximum atomic E-state index is 12.6. The fourth-order valence-electron chi connectivity index (χ4n) is 3.47. The average Bonchev–Trinajstić information content (AvgIpc) is 2.54. The second kappa shape index (κ2) is 6.44. The first-order valence-electron chi connectivity index (χ1n) is 8.02. The Morgan fingerprint density at radius 2 is 2.13 bits per heavy atom. The van der Waals surface area contributed by atoms with E-state index < -0.39 is 11.9 Å². The largest absolute Gasteiger partial charge is 0.463 e. The molecule has 1 aromatic heterocycles. The van der Waals surface area contributed by atoms with Gasteiger partial charge in [0.15, 0.2) is 0 Å². The Bertz CT molecular complexity index is 691. The number of rotatable bonds is 3. The molecule has 5 heteroatoms. The molecule has 1 saturated carbocycles. The highest BCUT2D eigenvalue weighted by atomic mass is 16.5. The van der Waals surface area contributed by atoms with E-state index in [2.05, 4.69) is 9.98 Å². The van der Waals surface area contributed by atoms with Crippen molar-refractivity contribution >= 4 is 17.5 Å². The smallest absolute Gasteiger partial charge is 0.336 e. The SMILES string of the molecule is CCOC(=O)C1=C(C)N=C2CCCC(=O)[C@@H]2[C@@H]1c1ccccn1. The summed E-state index contributed by atoms with van der Waals surface area (Å²) in [4.78, 5) is 34.0. The molecule has 2 aliphatic rings. The van der Waals surface area contributed by atoms with E-state index in [1.165, 1.54) is 0 Å². The lowest BCUT2D eigenvalue weighted by atomic mass is 9.71. The van der Waals surface area contributed by atoms with Crippen LogP contribution in [0.25, 0.3) is 0 Å². The molecule has 1 aliphatic heterocycles. The van der Waals surface area contributed by atoms with Gasteiger partial charge in [-0.05, 0) is 38.8 Å². The van der Waals surface area contributed by atoms with Crippen molar-refractivity contribution in [2.45, 2.75) is 39.0 Å². The van der Waals surface area contributed by atoms with Gasteiger partial charge in [0.1, 0.15) is 5.78 Å². The van der Waals surface area contributed by atoms with Gasteiger partial charge in [0.2, 0.25) is 0 Å². The molecule has 0 amide bonds. The van der Waals surface area contributed by atoms with E-state index in [-0.39, 0.29) is 11.7 Å². The number of nitrogens with zero attached hydrogens (tertiary/aromatic N) is 2. The number of ketones is 1. The molecule has 2 atom stereocenters. The summed E-state index contributed by atoms with van der Waals surface area (Å²) in [6, 6.07) is 5.56. The molecule has 0 aromatic carbocycles. The molecule has 2 heterocycles. The van der Waals surface area contributed by atoms with Crippen LogP contribution in [0.15, 0.2) is 40.7 Å². The summed E-state index contributed by atoms with van der Waals surface area (Å²) in [6.07, 6.45) is 3.84. The summed E-state index contributed by atoms with van der Waals surface area (Å²) in [5.41, 5.74) is 2.71. The quantitative estimate of drug-likeness (QED) is 0.805.